The maximum atomic E-state index is 17.3. The van der Waals surface area contributed by atoms with Gasteiger partial charge in [0.05, 0.1) is 38.3 Å². The monoisotopic (exact) mass is 944 g/mol. The van der Waals surface area contributed by atoms with E-state index in [0.29, 0.717) is 64.8 Å². The van der Waals surface area contributed by atoms with Crippen molar-refractivity contribution in [2.24, 2.45) is 0 Å². The molecule has 0 aliphatic carbocycles. The molecular formula is C42H53BF2N7O5S5+. The highest BCUT2D eigenvalue weighted by Crippen LogP contribution is 2.43. The maximum Gasteiger partial charge on any atom is 0.737 e. The fourth-order valence-corrected chi connectivity index (χ4v) is 11.5. The van der Waals surface area contributed by atoms with Gasteiger partial charge in [0, 0.05) is 84.5 Å². The summed E-state index contributed by atoms with van der Waals surface area (Å²) in [6.07, 6.45) is 8.79. The minimum absolute atomic E-state index is 0.0710. The third-order valence-electron chi connectivity index (χ3n) is 10.2. The first-order valence-corrected chi connectivity index (χ1v) is 26.6. The number of rotatable bonds is 23. The Bertz CT molecular complexity index is 2410. The van der Waals surface area contributed by atoms with E-state index in [1.54, 1.807) is 29.1 Å². The summed E-state index contributed by atoms with van der Waals surface area (Å²) in [5, 5.41) is 12.8. The Morgan fingerprint density at radius 2 is 1.68 bits per heavy atom. The Kier molecular flexibility index (Phi) is 16.1. The van der Waals surface area contributed by atoms with E-state index in [4.69, 9.17) is 0 Å². The SMILES string of the molecule is C[N+](C)(C)CCCc1cc(-c2cccs2)n2c1C=C1C(CCC(=O)NC(CS(C)(=O)=O)C(=O)NCCCCC(=O)NCCSSc3ccccn3)=CC(c3cccs3)=[N+]1[B-]2(F)F. The number of quaternary nitrogens is 1. The van der Waals surface area contributed by atoms with Crippen LogP contribution in [0.2, 0.25) is 0 Å². The molecular weight excluding hydrogens is 892 g/mol. The Morgan fingerprint density at radius 1 is 0.919 bits per heavy atom. The molecule has 0 fully saturated rings. The molecule has 4 aromatic rings. The molecule has 2 aliphatic heterocycles. The Morgan fingerprint density at radius 3 is 2.35 bits per heavy atom. The third-order valence-corrected chi connectivity index (χ3v) is 15.2. The van der Waals surface area contributed by atoms with Crippen molar-refractivity contribution in [3.63, 3.8) is 0 Å². The number of carbonyl (C=O) groups is 3. The Hall–Kier alpha value is -4.08. The van der Waals surface area contributed by atoms with Crippen LogP contribution in [0.1, 0.15) is 54.7 Å². The average molecular weight is 945 g/mol. The summed E-state index contributed by atoms with van der Waals surface area (Å²) in [4.78, 5) is 44.7. The molecule has 2 aliphatic rings. The maximum absolute atomic E-state index is 17.3. The van der Waals surface area contributed by atoms with E-state index in [9.17, 15) is 22.8 Å². The molecule has 6 rings (SSSR count). The first-order valence-electron chi connectivity index (χ1n) is 20.5. The van der Waals surface area contributed by atoms with Crippen LogP contribution in [0.25, 0.3) is 16.6 Å². The quantitative estimate of drug-likeness (QED) is 0.0332. The van der Waals surface area contributed by atoms with Crippen molar-refractivity contribution in [2.45, 2.75) is 56.0 Å². The van der Waals surface area contributed by atoms with Crippen LogP contribution in [-0.4, -0.2) is 122 Å². The highest BCUT2D eigenvalue weighted by atomic mass is 33.1. The van der Waals surface area contributed by atoms with E-state index in [2.05, 4.69) is 42.1 Å². The van der Waals surface area contributed by atoms with E-state index in [-0.39, 0.29) is 31.7 Å². The van der Waals surface area contributed by atoms with Crippen LogP contribution in [0.3, 0.4) is 0 Å². The molecule has 0 radical (unpaired) electrons. The highest BCUT2D eigenvalue weighted by molar-refractivity contribution is 8.76. The number of unbranched alkanes of at least 4 members (excludes halogenated alkanes) is 1. The number of sulfone groups is 1. The largest absolute Gasteiger partial charge is 0.737 e. The van der Waals surface area contributed by atoms with Gasteiger partial charge in [-0.3, -0.25) is 14.4 Å². The molecule has 0 saturated heterocycles. The van der Waals surface area contributed by atoms with E-state index in [1.807, 2.05) is 59.3 Å². The molecule has 3 N–H and O–H groups in total. The standard InChI is InChI=1S/C42H52BF2N7O5S5/c1-52(2,3)22-9-12-30-26-35(37-13-10-23-58-37)50-33(30)28-34-31(27-36(38-14-11-24-59-38)51(34)43(50,44)45)17-18-40(54)49-32(29-62(4,56)57)42(55)48-20-7-5-15-39(53)46-21-25-60-61-41-16-6-8-19-47-41/h6,8,10-11,13-14,16,19,23-24,26-28,32H,5,7,9,12,15,17-18,20-22,25,29H2,1-4H3,(H2-,46,48,49,53,54,55)/p+1. The minimum Gasteiger partial charge on any atom is -0.389 e. The van der Waals surface area contributed by atoms with Crippen LogP contribution in [0.15, 0.2) is 87.9 Å². The zero-order chi connectivity index (χ0) is 44.5. The predicted molar refractivity (Wildman–Crippen MR) is 250 cm³/mol. The fraction of sp³-hybridized carbons (Fsp3) is 0.405. The Balaban J connectivity index is 1.09. The van der Waals surface area contributed by atoms with Gasteiger partial charge < -0.3 is 38.0 Å². The number of nitrogens with zero attached hydrogens (tertiary/aromatic N) is 4. The number of halogens is 2. The van der Waals surface area contributed by atoms with Crippen LogP contribution in [0, 0.1) is 0 Å². The summed E-state index contributed by atoms with van der Waals surface area (Å²) >= 11 is 2.76. The van der Waals surface area contributed by atoms with Crippen molar-refractivity contribution in [1.82, 2.24) is 25.4 Å². The van der Waals surface area contributed by atoms with Gasteiger partial charge in [0.15, 0.2) is 11.4 Å². The number of carbonyl (C=O) groups excluding carboxylic acids is 3. The molecule has 3 amide bonds. The molecule has 1 atom stereocenters. The van der Waals surface area contributed by atoms with E-state index in [1.165, 1.54) is 37.9 Å². The second-order valence-corrected chi connectivity index (χ2v) is 22.8. The van der Waals surface area contributed by atoms with Gasteiger partial charge in [0.2, 0.25) is 17.7 Å². The summed E-state index contributed by atoms with van der Waals surface area (Å²) in [6, 6.07) is 13.5. The summed E-state index contributed by atoms with van der Waals surface area (Å²) in [6.45, 7) is -2.84. The van der Waals surface area contributed by atoms with Crippen LogP contribution < -0.4 is 16.0 Å². The number of thiophene rings is 2. The lowest BCUT2D eigenvalue weighted by Crippen LogP contribution is -2.51. The van der Waals surface area contributed by atoms with Crippen molar-refractivity contribution in [3.8, 4) is 10.6 Å². The lowest BCUT2D eigenvalue weighted by molar-refractivity contribution is -0.870. The number of aryl methyl sites for hydroxylation is 1. The van der Waals surface area contributed by atoms with Gasteiger partial charge in [-0.15, -0.1) is 22.7 Å². The second-order valence-electron chi connectivity index (χ2n) is 16.3. The number of amides is 3. The molecule has 0 bridgehead atoms. The van der Waals surface area contributed by atoms with Crippen molar-refractivity contribution >= 4 is 90.6 Å². The number of aromatic nitrogens is 2. The van der Waals surface area contributed by atoms with Crippen molar-refractivity contribution in [1.29, 1.82) is 0 Å². The van der Waals surface area contributed by atoms with Gasteiger partial charge in [-0.1, -0.05) is 29.0 Å². The molecule has 0 aromatic carbocycles. The number of pyridine rings is 1. The number of nitrogens with one attached hydrogen (secondary N) is 3. The summed E-state index contributed by atoms with van der Waals surface area (Å²) in [5.74, 6) is -1.26. The van der Waals surface area contributed by atoms with Gasteiger partial charge >= 0.3 is 6.97 Å². The molecule has 20 heteroatoms. The normalized spacial score (nSPS) is 15.1. The van der Waals surface area contributed by atoms with Crippen LogP contribution >= 0.6 is 44.3 Å². The molecule has 0 spiro atoms. The highest BCUT2D eigenvalue weighted by Gasteiger charge is 2.55. The smallest absolute Gasteiger partial charge is 0.389 e. The molecule has 1 unspecified atom stereocenters. The van der Waals surface area contributed by atoms with Gasteiger partial charge in [0.1, 0.15) is 20.9 Å². The first kappa shape index (κ1) is 47.4. The molecule has 4 aromatic heterocycles. The van der Waals surface area contributed by atoms with E-state index in [0.717, 1.165) is 43.7 Å². The van der Waals surface area contributed by atoms with E-state index >= 15 is 8.63 Å². The van der Waals surface area contributed by atoms with E-state index < -0.39 is 40.4 Å². The van der Waals surface area contributed by atoms with Gasteiger partial charge in [-0.05, 0) is 83.1 Å². The Labute approximate surface area is 378 Å². The average Bonchev–Trinajstić information content (AvgIpc) is 4.04. The number of hydrogen-bond acceptors (Lipinski definition) is 10. The molecule has 12 nitrogen and oxygen atoms in total. The van der Waals surface area contributed by atoms with Gasteiger partial charge in [-0.2, -0.15) is 0 Å². The lowest BCUT2D eigenvalue weighted by Gasteiger charge is -2.31. The molecule has 0 saturated carbocycles. The third kappa shape index (κ3) is 12.8. The molecule has 6 heterocycles. The van der Waals surface area contributed by atoms with Crippen molar-refractivity contribution in [3.05, 3.63) is 99.0 Å². The van der Waals surface area contributed by atoms with Gasteiger partial charge in [0.25, 0.3) is 0 Å². The molecule has 332 valence electrons. The minimum atomic E-state index is -4.39. The van der Waals surface area contributed by atoms with Crippen LogP contribution in [0.4, 0.5) is 8.63 Å². The zero-order valence-electron chi connectivity index (χ0n) is 35.3. The zero-order valence-corrected chi connectivity index (χ0v) is 39.4. The summed E-state index contributed by atoms with van der Waals surface area (Å²) < 4.78 is 62.4. The summed E-state index contributed by atoms with van der Waals surface area (Å²) in [5.41, 5.74) is 2.95. The number of hydrogen-bond donors (Lipinski definition) is 3. The van der Waals surface area contributed by atoms with Gasteiger partial charge in [-0.25, -0.2) is 13.4 Å². The van der Waals surface area contributed by atoms with Crippen LogP contribution in [-0.2, 0) is 30.6 Å². The van der Waals surface area contributed by atoms with Crippen LogP contribution in [0.5, 0.6) is 0 Å². The second kappa shape index (κ2) is 21.1. The number of allylic oxidation sites excluding steroid dienone is 2. The molecule has 62 heavy (non-hydrogen) atoms. The van der Waals surface area contributed by atoms with Crippen molar-refractivity contribution in [2.75, 3.05) is 58.5 Å². The predicted octanol–water partition coefficient (Wildman–Crippen LogP) is 6.48. The van der Waals surface area contributed by atoms with Crippen molar-refractivity contribution < 1.29 is 40.4 Å². The lowest BCUT2D eigenvalue weighted by atomic mass is 9.88. The topological polar surface area (TPSA) is 142 Å². The fourth-order valence-electron chi connectivity index (χ4n) is 7.36. The summed E-state index contributed by atoms with van der Waals surface area (Å²) in [7, 11) is 5.75. The number of fused-ring (bicyclic) bond motifs is 2. The first-order chi connectivity index (χ1) is 29.5.